The summed E-state index contributed by atoms with van der Waals surface area (Å²) in [5.41, 5.74) is 0.437. The average molecular weight is 522 g/mol. The van der Waals surface area contributed by atoms with Gasteiger partial charge in [0.2, 0.25) is 0 Å². The van der Waals surface area contributed by atoms with Crippen molar-refractivity contribution in [1.29, 1.82) is 0 Å². The van der Waals surface area contributed by atoms with Gasteiger partial charge < -0.3 is 5.11 Å². The lowest BCUT2D eigenvalue weighted by Crippen LogP contribution is -2.28. The predicted molar refractivity (Wildman–Crippen MR) is 106 cm³/mol. The molecule has 0 radical (unpaired) electrons. The minimum atomic E-state index is -0.589. The molecule has 1 N–H and O–H groups in total. The van der Waals surface area contributed by atoms with Crippen molar-refractivity contribution < 1.29 is 19.1 Å². The van der Waals surface area contributed by atoms with Crippen molar-refractivity contribution in [1.82, 2.24) is 4.90 Å². The fourth-order valence-corrected chi connectivity index (χ4v) is 4.63. The Morgan fingerprint density at radius 2 is 2.00 bits per heavy atom. The van der Waals surface area contributed by atoms with E-state index in [1.54, 1.807) is 12.1 Å². The lowest BCUT2D eigenvalue weighted by atomic mass is 10.1. The Bertz CT molecular complexity index is 947. The number of rotatable bonds is 3. The fourth-order valence-electron chi connectivity index (χ4n) is 2.31. The molecule has 3 rings (SSSR count). The van der Waals surface area contributed by atoms with Gasteiger partial charge in [0, 0.05) is 20.6 Å². The summed E-state index contributed by atoms with van der Waals surface area (Å²) in [7, 11) is 0. The number of halogens is 4. The molecule has 0 saturated carbocycles. The molecule has 2 amide bonds. The predicted octanol–water partition coefficient (Wildman–Crippen LogP) is 5.95. The number of imide groups is 1. The van der Waals surface area contributed by atoms with E-state index >= 15 is 0 Å². The van der Waals surface area contributed by atoms with Crippen LogP contribution in [0.25, 0.3) is 6.08 Å². The lowest BCUT2D eigenvalue weighted by molar-refractivity contribution is -0.123. The molecule has 0 spiro atoms. The number of hydrogen-bond acceptors (Lipinski definition) is 4. The monoisotopic (exact) mass is 519 g/mol. The van der Waals surface area contributed by atoms with E-state index in [0.717, 1.165) is 16.7 Å². The van der Waals surface area contributed by atoms with E-state index < -0.39 is 17.0 Å². The molecular weight excluding hydrogens is 513 g/mol. The first kappa shape index (κ1) is 19.4. The van der Waals surface area contributed by atoms with Gasteiger partial charge in [0.1, 0.15) is 11.6 Å². The quantitative estimate of drug-likeness (QED) is 0.508. The van der Waals surface area contributed by atoms with Crippen molar-refractivity contribution in [2.45, 2.75) is 6.54 Å². The summed E-state index contributed by atoms with van der Waals surface area (Å²) in [5.74, 6) is -1.22. The molecule has 0 atom stereocenters. The van der Waals surface area contributed by atoms with E-state index in [0.29, 0.717) is 14.5 Å². The Balaban J connectivity index is 1.92. The molecule has 1 aliphatic rings. The molecule has 1 saturated heterocycles. The van der Waals surface area contributed by atoms with Gasteiger partial charge in [0.05, 0.1) is 15.9 Å². The van der Waals surface area contributed by atoms with Gasteiger partial charge in [-0.2, -0.15) is 0 Å². The molecule has 9 heteroatoms. The topological polar surface area (TPSA) is 57.6 Å². The van der Waals surface area contributed by atoms with Gasteiger partial charge in [0.15, 0.2) is 0 Å². The Morgan fingerprint density at radius 3 is 2.69 bits per heavy atom. The van der Waals surface area contributed by atoms with Crippen molar-refractivity contribution in [2.24, 2.45) is 0 Å². The number of carbonyl (C=O) groups excluding carboxylic acids is 2. The molecule has 1 heterocycles. The first-order chi connectivity index (χ1) is 12.3. The highest BCUT2D eigenvalue weighted by Gasteiger charge is 2.36. The molecule has 0 bridgehead atoms. The van der Waals surface area contributed by atoms with Crippen molar-refractivity contribution in [3.05, 3.63) is 66.1 Å². The van der Waals surface area contributed by atoms with Crippen LogP contribution in [0.15, 0.2) is 44.2 Å². The molecule has 1 fully saturated rings. The second-order valence-corrected chi connectivity index (χ2v) is 8.46. The molecule has 2 aromatic carbocycles. The average Bonchev–Trinajstić information content (AvgIpc) is 2.82. The van der Waals surface area contributed by atoms with E-state index in [1.165, 1.54) is 24.3 Å². The summed E-state index contributed by atoms with van der Waals surface area (Å²) < 4.78 is 15.1. The number of benzene rings is 2. The normalized spacial score (nSPS) is 16.0. The van der Waals surface area contributed by atoms with E-state index in [1.807, 2.05) is 0 Å². The third-order valence-corrected chi connectivity index (χ3v) is 5.92. The van der Waals surface area contributed by atoms with E-state index in [2.05, 4.69) is 31.9 Å². The number of hydrogen-bond donors (Lipinski definition) is 1. The summed E-state index contributed by atoms with van der Waals surface area (Å²) in [6.07, 6.45) is 1.42. The zero-order valence-corrected chi connectivity index (χ0v) is 17.5. The van der Waals surface area contributed by atoms with Gasteiger partial charge in [-0.15, -0.1) is 0 Å². The summed E-state index contributed by atoms with van der Waals surface area (Å²) in [4.78, 5) is 25.8. The molecule has 1 aliphatic heterocycles. The molecule has 2 aromatic rings. The smallest absolute Gasteiger partial charge is 0.293 e. The van der Waals surface area contributed by atoms with Crippen molar-refractivity contribution >= 4 is 72.4 Å². The van der Waals surface area contributed by atoms with Crippen LogP contribution in [0, 0.1) is 5.82 Å². The van der Waals surface area contributed by atoms with Crippen LogP contribution in [0.1, 0.15) is 11.1 Å². The summed E-state index contributed by atoms with van der Waals surface area (Å²) in [5, 5.41) is 9.72. The van der Waals surface area contributed by atoms with Crippen LogP contribution in [0.4, 0.5) is 9.18 Å². The number of aromatic hydroxyl groups is 1. The number of phenols is 1. The van der Waals surface area contributed by atoms with E-state index in [4.69, 9.17) is 11.6 Å². The Labute approximate surface area is 174 Å². The maximum atomic E-state index is 13.9. The lowest BCUT2D eigenvalue weighted by Gasteiger charge is -2.14. The Kier molecular flexibility index (Phi) is 5.76. The Morgan fingerprint density at radius 1 is 1.27 bits per heavy atom. The maximum Gasteiger partial charge on any atom is 0.293 e. The van der Waals surface area contributed by atoms with E-state index in [-0.39, 0.29) is 27.8 Å². The summed E-state index contributed by atoms with van der Waals surface area (Å²) in [6, 6.07) is 7.42. The molecule has 26 heavy (non-hydrogen) atoms. The molecule has 0 unspecified atom stereocenters. The van der Waals surface area contributed by atoms with Gasteiger partial charge in [-0.05, 0) is 58.0 Å². The molecule has 4 nitrogen and oxygen atoms in total. The van der Waals surface area contributed by atoms with Crippen molar-refractivity contribution in [3.63, 3.8) is 0 Å². The third kappa shape index (κ3) is 3.83. The number of phenolic OH excluding ortho intramolecular Hbond substituents is 1. The van der Waals surface area contributed by atoms with Gasteiger partial charge in [-0.25, -0.2) is 4.39 Å². The zero-order valence-electron chi connectivity index (χ0n) is 12.8. The van der Waals surface area contributed by atoms with Gasteiger partial charge in [-0.3, -0.25) is 14.5 Å². The highest BCUT2D eigenvalue weighted by molar-refractivity contribution is 9.11. The fraction of sp³-hybridized carbons (Fsp3) is 0.0588. The second kappa shape index (κ2) is 7.72. The van der Waals surface area contributed by atoms with Gasteiger partial charge in [0.25, 0.3) is 11.1 Å². The highest BCUT2D eigenvalue weighted by Crippen LogP contribution is 2.38. The van der Waals surface area contributed by atoms with Crippen LogP contribution in [-0.4, -0.2) is 21.2 Å². The first-order valence-corrected chi connectivity index (χ1v) is 9.92. The van der Waals surface area contributed by atoms with Crippen LogP contribution in [0.5, 0.6) is 5.75 Å². The number of amides is 2. The first-order valence-electron chi connectivity index (χ1n) is 7.14. The second-order valence-electron chi connectivity index (χ2n) is 5.29. The van der Waals surface area contributed by atoms with Crippen LogP contribution in [0.2, 0.25) is 5.02 Å². The maximum absolute atomic E-state index is 13.9. The van der Waals surface area contributed by atoms with Crippen molar-refractivity contribution in [3.8, 4) is 5.75 Å². The largest absolute Gasteiger partial charge is 0.506 e. The number of nitrogens with zero attached hydrogens (tertiary/aromatic N) is 1. The summed E-state index contributed by atoms with van der Waals surface area (Å²) >= 11 is 13.2. The zero-order chi connectivity index (χ0) is 19.0. The third-order valence-electron chi connectivity index (χ3n) is 3.60. The minimum Gasteiger partial charge on any atom is -0.506 e. The standard InChI is InChI=1S/C17H9Br2ClFNO3S/c18-9-4-8(15(23)11(19)6-9)5-14-16(24)22(17(25)26-14)7-10-12(20)2-1-3-13(10)21/h1-6,23H,7H2/b14-5-. The van der Waals surface area contributed by atoms with Crippen LogP contribution >= 0.6 is 55.2 Å². The molecular formula is C17H9Br2ClFNO3S. The molecule has 134 valence electrons. The van der Waals surface area contributed by atoms with E-state index in [9.17, 15) is 19.1 Å². The highest BCUT2D eigenvalue weighted by atomic mass is 79.9. The van der Waals surface area contributed by atoms with Gasteiger partial charge >= 0.3 is 0 Å². The molecule has 0 aliphatic carbocycles. The Hall–Kier alpha value is -1.35. The van der Waals surface area contributed by atoms with Gasteiger partial charge in [-0.1, -0.05) is 33.6 Å². The summed E-state index contributed by atoms with van der Waals surface area (Å²) in [6.45, 7) is -0.262. The SMILES string of the molecule is O=C1S/C(=C\c2cc(Br)cc(Br)c2O)C(=O)N1Cc1c(F)cccc1Cl. The van der Waals surface area contributed by atoms with Crippen LogP contribution in [0.3, 0.4) is 0 Å². The number of thioether (sulfide) groups is 1. The number of carbonyl (C=O) groups is 2. The van der Waals surface area contributed by atoms with Crippen LogP contribution in [-0.2, 0) is 11.3 Å². The van der Waals surface area contributed by atoms with Crippen LogP contribution < -0.4 is 0 Å². The minimum absolute atomic E-state index is 0.0582. The van der Waals surface area contributed by atoms with Crippen molar-refractivity contribution in [2.75, 3.05) is 0 Å². The molecule has 0 aromatic heterocycles.